The summed E-state index contributed by atoms with van der Waals surface area (Å²) in [5.74, 6) is -1.04. The summed E-state index contributed by atoms with van der Waals surface area (Å²) >= 11 is 0. The monoisotopic (exact) mass is 190 g/mol. The second-order valence-electron chi connectivity index (χ2n) is 3.85. The number of carbonyl (C=O) groups is 2. The van der Waals surface area contributed by atoms with E-state index in [2.05, 4.69) is 4.74 Å². The van der Waals surface area contributed by atoms with Crippen molar-refractivity contribution in [2.24, 2.45) is 0 Å². The molecule has 0 spiro atoms. The van der Waals surface area contributed by atoms with Gasteiger partial charge in [0.15, 0.2) is 0 Å². The lowest BCUT2D eigenvalue weighted by atomic mass is 9.80. The lowest BCUT2D eigenvalue weighted by Crippen LogP contribution is -2.39. The maximum Gasteiger partial charge on any atom is 0.346 e. The van der Waals surface area contributed by atoms with Gasteiger partial charge in [-0.05, 0) is 25.5 Å². The Hall–Kier alpha value is -1.64. The lowest BCUT2D eigenvalue weighted by molar-refractivity contribution is -0.144. The van der Waals surface area contributed by atoms with Gasteiger partial charge in [0.25, 0.3) is 0 Å². The lowest BCUT2D eigenvalue weighted by Gasteiger charge is -2.28. The van der Waals surface area contributed by atoms with Gasteiger partial charge in [0.1, 0.15) is 0 Å². The molecule has 1 aromatic rings. The normalized spacial score (nSPS) is 18.7. The van der Waals surface area contributed by atoms with Gasteiger partial charge in [0.2, 0.25) is 0 Å². The van der Waals surface area contributed by atoms with Crippen LogP contribution in [0.4, 0.5) is 0 Å². The van der Waals surface area contributed by atoms with Crippen LogP contribution in [0.3, 0.4) is 0 Å². The zero-order valence-corrected chi connectivity index (χ0v) is 8.03. The van der Waals surface area contributed by atoms with E-state index in [1.165, 1.54) is 0 Å². The number of rotatable bonds is 0. The Morgan fingerprint density at radius 1 is 1.14 bits per heavy atom. The second kappa shape index (κ2) is 2.67. The predicted molar refractivity (Wildman–Crippen MR) is 49.9 cm³/mol. The smallest absolute Gasteiger partial charge is 0.346 e. The Kier molecular flexibility index (Phi) is 1.71. The van der Waals surface area contributed by atoms with Crippen molar-refractivity contribution < 1.29 is 14.3 Å². The van der Waals surface area contributed by atoms with E-state index >= 15 is 0 Å². The first-order valence-corrected chi connectivity index (χ1v) is 4.39. The molecule has 0 bridgehead atoms. The molecule has 2 rings (SSSR count). The van der Waals surface area contributed by atoms with Gasteiger partial charge in [-0.15, -0.1) is 0 Å². The molecule has 3 heteroatoms. The van der Waals surface area contributed by atoms with Crippen LogP contribution in [0.5, 0.6) is 0 Å². The fourth-order valence-electron chi connectivity index (χ4n) is 1.58. The average molecular weight is 190 g/mol. The van der Waals surface area contributed by atoms with E-state index in [0.717, 1.165) is 5.56 Å². The van der Waals surface area contributed by atoms with E-state index in [4.69, 9.17) is 0 Å². The van der Waals surface area contributed by atoms with Gasteiger partial charge in [0, 0.05) is 0 Å². The summed E-state index contributed by atoms with van der Waals surface area (Å²) in [7, 11) is 0. The highest BCUT2D eigenvalue weighted by Gasteiger charge is 2.40. The first-order valence-electron chi connectivity index (χ1n) is 4.39. The molecule has 14 heavy (non-hydrogen) atoms. The first-order chi connectivity index (χ1) is 6.53. The molecular weight excluding hydrogens is 180 g/mol. The van der Waals surface area contributed by atoms with Crippen LogP contribution in [-0.2, 0) is 14.9 Å². The summed E-state index contributed by atoms with van der Waals surface area (Å²) in [6.45, 7) is 3.50. The largest absolute Gasteiger partial charge is 0.389 e. The Labute approximate surface area is 81.7 Å². The number of ether oxygens (including phenoxy) is 1. The average Bonchev–Trinajstić information content (AvgIpc) is 2.16. The van der Waals surface area contributed by atoms with Gasteiger partial charge in [-0.3, -0.25) is 4.79 Å². The molecule has 3 nitrogen and oxygen atoms in total. The summed E-state index contributed by atoms with van der Waals surface area (Å²) in [4.78, 5) is 22.8. The zero-order valence-electron chi connectivity index (χ0n) is 8.03. The molecule has 0 amide bonds. The SMILES string of the molecule is CC1(C)C(=O)OC(=O)c2ccccc21. The quantitative estimate of drug-likeness (QED) is 0.461. The minimum Gasteiger partial charge on any atom is -0.389 e. The molecule has 0 aromatic heterocycles. The van der Waals surface area contributed by atoms with E-state index in [-0.39, 0.29) is 0 Å². The maximum absolute atomic E-state index is 11.4. The van der Waals surface area contributed by atoms with Crippen LogP contribution in [0, 0.1) is 0 Å². The second-order valence-corrected chi connectivity index (χ2v) is 3.85. The topological polar surface area (TPSA) is 43.4 Å². The third-order valence-corrected chi connectivity index (χ3v) is 2.52. The predicted octanol–water partition coefficient (Wildman–Crippen LogP) is 1.66. The van der Waals surface area contributed by atoms with Crippen molar-refractivity contribution in [3.63, 3.8) is 0 Å². The molecule has 72 valence electrons. The van der Waals surface area contributed by atoms with E-state index in [9.17, 15) is 9.59 Å². The molecule has 0 radical (unpaired) electrons. The summed E-state index contributed by atoms with van der Waals surface area (Å²) in [5.41, 5.74) is 0.489. The molecule has 0 fully saturated rings. The van der Waals surface area contributed by atoms with Gasteiger partial charge < -0.3 is 4.74 Å². The molecule has 0 unspecified atom stereocenters. The Balaban J connectivity index is 2.69. The highest BCUT2D eigenvalue weighted by molar-refractivity contribution is 6.05. The molecule has 0 saturated heterocycles. The van der Waals surface area contributed by atoms with Crippen LogP contribution in [0.1, 0.15) is 29.8 Å². The Morgan fingerprint density at radius 2 is 1.79 bits per heavy atom. The van der Waals surface area contributed by atoms with Crippen molar-refractivity contribution in [3.8, 4) is 0 Å². The van der Waals surface area contributed by atoms with E-state index in [0.29, 0.717) is 5.56 Å². The number of hydrogen-bond donors (Lipinski definition) is 0. The minimum absolute atomic E-state index is 0.483. The number of cyclic esters (lactones) is 2. The first kappa shape index (κ1) is 8.94. The Morgan fingerprint density at radius 3 is 2.50 bits per heavy atom. The molecule has 1 heterocycles. The van der Waals surface area contributed by atoms with Crippen molar-refractivity contribution in [1.82, 2.24) is 0 Å². The van der Waals surface area contributed by atoms with E-state index in [1.807, 2.05) is 6.07 Å². The maximum atomic E-state index is 11.4. The van der Waals surface area contributed by atoms with Crippen LogP contribution in [-0.4, -0.2) is 11.9 Å². The van der Waals surface area contributed by atoms with Crippen molar-refractivity contribution >= 4 is 11.9 Å². The van der Waals surface area contributed by atoms with Crippen molar-refractivity contribution in [2.45, 2.75) is 19.3 Å². The molecule has 1 aliphatic rings. The molecule has 0 atom stereocenters. The van der Waals surface area contributed by atoms with Crippen LogP contribution >= 0.6 is 0 Å². The number of hydrogen-bond acceptors (Lipinski definition) is 3. The standard InChI is InChI=1S/C11H10O3/c1-11(2)8-6-4-3-5-7(8)9(12)14-10(11)13/h3-6H,1-2H3. The van der Waals surface area contributed by atoms with Gasteiger partial charge in [-0.2, -0.15) is 0 Å². The van der Waals surface area contributed by atoms with Gasteiger partial charge >= 0.3 is 11.9 Å². The van der Waals surface area contributed by atoms with Gasteiger partial charge in [-0.1, -0.05) is 18.2 Å². The van der Waals surface area contributed by atoms with Crippen molar-refractivity contribution in [2.75, 3.05) is 0 Å². The number of fused-ring (bicyclic) bond motifs is 1. The number of esters is 2. The fraction of sp³-hybridized carbons (Fsp3) is 0.273. The minimum atomic E-state index is -0.732. The zero-order chi connectivity index (χ0) is 10.3. The van der Waals surface area contributed by atoms with Crippen LogP contribution in [0.25, 0.3) is 0 Å². The van der Waals surface area contributed by atoms with Crippen LogP contribution in [0.15, 0.2) is 24.3 Å². The molecule has 1 aromatic carbocycles. The summed E-state index contributed by atoms with van der Waals surface area (Å²) in [6, 6.07) is 7.03. The summed E-state index contributed by atoms with van der Waals surface area (Å²) in [6.07, 6.45) is 0. The highest BCUT2D eigenvalue weighted by atomic mass is 16.6. The summed E-state index contributed by atoms with van der Waals surface area (Å²) < 4.78 is 4.65. The highest BCUT2D eigenvalue weighted by Crippen LogP contribution is 2.32. The van der Waals surface area contributed by atoms with Crippen LogP contribution in [0.2, 0.25) is 0 Å². The van der Waals surface area contributed by atoms with Gasteiger partial charge in [-0.25, -0.2) is 4.79 Å². The third kappa shape index (κ3) is 1.05. The molecular formula is C11H10O3. The van der Waals surface area contributed by atoms with Crippen molar-refractivity contribution in [1.29, 1.82) is 0 Å². The van der Waals surface area contributed by atoms with Crippen molar-refractivity contribution in [3.05, 3.63) is 35.4 Å². The van der Waals surface area contributed by atoms with E-state index < -0.39 is 17.4 Å². The van der Waals surface area contributed by atoms with Gasteiger partial charge in [0.05, 0.1) is 11.0 Å². The molecule has 0 N–H and O–H groups in total. The number of carbonyl (C=O) groups excluding carboxylic acids is 2. The molecule has 1 aliphatic heterocycles. The number of benzene rings is 1. The third-order valence-electron chi connectivity index (χ3n) is 2.52. The molecule has 0 saturated carbocycles. The Bertz CT molecular complexity index is 418. The molecule has 0 aliphatic carbocycles. The van der Waals surface area contributed by atoms with E-state index in [1.54, 1.807) is 32.0 Å². The fourth-order valence-corrected chi connectivity index (χ4v) is 1.58. The summed E-state index contributed by atoms with van der Waals surface area (Å²) in [5, 5.41) is 0. The van der Waals surface area contributed by atoms with Crippen LogP contribution < -0.4 is 0 Å².